The van der Waals surface area contributed by atoms with Crippen LogP contribution in [0, 0.1) is 17.6 Å². The third-order valence-corrected chi connectivity index (χ3v) is 4.56. The Balaban J connectivity index is 1.57. The largest absolute Gasteiger partial charge is 0.302 e. The van der Waals surface area contributed by atoms with Crippen molar-refractivity contribution >= 4 is 6.08 Å². The van der Waals surface area contributed by atoms with E-state index in [9.17, 15) is 8.78 Å². The smallest absolute Gasteiger partial charge is 0.133 e. The number of hydrogen-bond donors (Lipinski definition) is 0. The van der Waals surface area contributed by atoms with E-state index in [1.807, 2.05) is 6.08 Å². The van der Waals surface area contributed by atoms with Crippen molar-refractivity contribution in [3.8, 4) is 0 Å². The van der Waals surface area contributed by atoms with Crippen molar-refractivity contribution in [2.24, 2.45) is 5.92 Å². The number of hydrogen-bond acceptors (Lipinski definition) is 1. The lowest BCUT2D eigenvalue weighted by molar-refractivity contribution is 0.169. The Morgan fingerprint density at radius 2 is 1.90 bits per heavy atom. The molecule has 0 unspecified atom stereocenters. The van der Waals surface area contributed by atoms with Gasteiger partial charge in [0.25, 0.3) is 0 Å². The summed E-state index contributed by atoms with van der Waals surface area (Å²) in [5, 5.41) is 0. The average molecular weight is 277 g/mol. The number of piperidine rings is 1. The molecule has 1 aliphatic carbocycles. The van der Waals surface area contributed by atoms with Crippen molar-refractivity contribution in [3.63, 3.8) is 0 Å². The molecule has 3 rings (SSSR count). The van der Waals surface area contributed by atoms with Crippen LogP contribution < -0.4 is 0 Å². The molecule has 2 aliphatic rings. The molecular formula is C17H21F2N. The van der Waals surface area contributed by atoms with Crippen LogP contribution in [0.4, 0.5) is 8.78 Å². The number of benzene rings is 1. The maximum Gasteiger partial charge on any atom is 0.133 e. The predicted octanol–water partition coefficient (Wildman–Crippen LogP) is 4.24. The first kappa shape index (κ1) is 13.7. The quantitative estimate of drug-likeness (QED) is 0.798. The summed E-state index contributed by atoms with van der Waals surface area (Å²) in [6.45, 7) is 3.38. The summed E-state index contributed by atoms with van der Waals surface area (Å²) >= 11 is 0. The summed E-state index contributed by atoms with van der Waals surface area (Å²) in [6.07, 6.45) is 8.08. The highest BCUT2D eigenvalue weighted by atomic mass is 19.1. The van der Waals surface area contributed by atoms with Crippen LogP contribution in [0.15, 0.2) is 23.8 Å². The molecule has 3 heteroatoms. The lowest BCUT2D eigenvalue weighted by Crippen LogP contribution is -2.36. The summed E-state index contributed by atoms with van der Waals surface area (Å²) in [5.74, 6) is -0.0653. The number of nitrogens with zero attached hydrogens (tertiary/aromatic N) is 1. The van der Waals surface area contributed by atoms with Gasteiger partial charge in [-0.1, -0.05) is 18.1 Å². The van der Waals surface area contributed by atoms with E-state index < -0.39 is 11.6 Å². The molecule has 1 aromatic carbocycles. The normalized spacial score (nSPS) is 20.8. The summed E-state index contributed by atoms with van der Waals surface area (Å²) in [7, 11) is 0. The molecule has 0 aromatic heterocycles. The second-order valence-corrected chi connectivity index (χ2v) is 6.07. The van der Waals surface area contributed by atoms with E-state index >= 15 is 0 Å². The Hall–Kier alpha value is -1.22. The molecule has 1 saturated carbocycles. The minimum atomic E-state index is -0.514. The van der Waals surface area contributed by atoms with Crippen molar-refractivity contribution in [2.45, 2.75) is 32.1 Å². The lowest BCUT2D eigenvalue weighted by atomic mass is 9.84. The van der Waals surface area contributed by atoms with Gasteiger partial charge >= 0.3 is 0 Å². The van der Waals surface area contributed by atoms with Crippen LogP contribution >= 0.6 is 0 Å². The van der Waals surface area contributed by atoms with Crippen molar-refractivity contribution in [2.75, 3.05) is 19.6 Å². The van der Waals surface area contributed by atoms with E-state index in [4.69, 9.17) is 0 Å². The van der Waals surface area contributed by atoms with E-state index in [2.05, 4.69) is 4.90 Å². The highest BCUT2D eigenvalue weighted by Gasteiger charge is 2.22. The number of halogens is 2. The second kappa shape index (κ2) is 6.04. The molecular weight excluding hydrogens is 256 g/mol. The zero-order chi connectivity index (χ0) is 13.9. The maximum atomic E-state index is 13.6. The van der Waals surface area contributed by atoms with Crippen LogP contribution in [0.2, 0.25) is 0 Å². The Bertz CT molecular complexity index is 496. The molecule has 1 heterocycles. The minimum Gasteiger partial charge on any atom is -0.302 e. The third-order valence-electron chi connectivity index (χ3n) is 4.56. The second-order valence-electron chi connectivity index (χ2n) is 6.07. The predicted molar refractivity (Wildman–Crippen MR) is 77.4 cm³/mol. The maximum absolute atomic E-state index is 13.6. The fourth-order valence-corrected chi connectivity index (χ4v) is 3.05. The van der Waals surface area contributed by atoms with Crippen LogP contribution in [0.3, 0.4) is 0 Å². The van der Waals surface area contributed by atoms with Gasteiger partial charge < -0.3 is 4.90 Å². The molecule has 0 amide bonds. The van der Waals surface area contributed by atoms with Crippen LogP contribution in [0.1, 0.15) is 37.7 Å². The molecule has 2 fully saturated rings. The van der Waals surface area contributed by atoms with E-state index in [0.717, 1.165) is 37.9 Å². The van der Waals surface area contributed by atoms with E-state index in [1.54, 1.807) is 0 Å². The van der Waals surface area contributed by atoms with Gasteiger partial charge in [-0.15, -0.1) is 0 Å². The van der Waals surface area contributed by atoms with E-state index in [1.165, 1.54) is 43.5 Å². The van der Waals surface area contributed by atoms with Gasteiger partial charge in [-0.25, -0.2) is 8.78 Å². The fourth-order valence-electron chi connectivity index (χ4n) is 3.05. The monoisotopic (exact) mass is 277 g/mol. The highest BCUT2D eigenvalue weighted by Crippen LogP contribution is 2.29. The van der Waals surface area contributed by atoms with Crippen LogP contribution in [0.25, 0.3) is 6.08 Å². The highest BCUT2D eigenvalue weighted by molar-refractivity contribution is 5.53. The van der Waals surface area contributed by atoms with Gasteiger partial charge in [-0.05, 0) is 43.7 Å². The van der Waals surface area contributed by atoms with Gasteiger partial charge in [0.2, 0.25) is 0 Å². The zero-order valence-electron chi connectivity index (χ0n) is 11.7. The Labute approximate surface area is 119 Å². The molecule has 0 bridgehead atoms. The van der Waals surface area contributed by atoms with Gasteiger partial charge in [-0.3, -0.25) is 0 Å². The number of rotatable bonds is 3. The molecule has 1 nitrogen and oxygen atoms in total. The molecule has 108 valence electrons. The van der Waals surface area contributed by atoms with Crippen molar-refractivity contribution in [1.29, 1.82) is 0 Å². The molecule has 1 saturated heterocycles. The Kier molecular flexibility index (Phi) is 4.16. The molecule has 0 radical (unpaired) electrons. The summed E-state index contributed by atoms with van der Waals surface area (Å²) in [4.78, 5) is 2.53. The van der Waals surface area contributed by atoms with Gasteiger partial charge in [-0.2, -0.15) is 0 Å². The van der Waals surface area contributed by atoms with Crippen LogP contribution in [-0.4, -0.2) is 24.5 Å². The molecule has 0 N–H and O–H groups in total. The molecule has 1 aromatic rings. The first-order valence-electron chi connectivity index (χ1n) is 7.57. The molecule has 20 heavy (non-hydrogen) atoms. The van der Waals surface area contributed by atoms with Gasteiger partial charge in [0.05, 0.1) is 0 Å². The van der Waals surface area contributed by atoms with Gasteiger partial charge in [0, 0.05) is 31.3 Å². The van der Waals surface area contributed by atoms with Crippen molar-refractivity contribution in [3.05, 3.63) is 41.0 Å². The number of likely N-dealkylation sites (tertiary alicyclic amines) is 1. The summed E-state index contributed by atoms with van der Waals surface area (Å²) < 4.78 is 26.5. The molecule has 1 aliphatic heterocycles. The molecule has 0 atom stereocenters. The van der Waals surface area contributed by atoms with Crippen LogP contribution in [0.5, 0.6) is 0 Å². The van der Waals surface area contributed by atoms with Crippen molar-refractivity contribution < 1.29 is 8.78 Å². The zero-order valence-corrected chi connectivity index (χ0v) is 11.7. The van der Waals surface area contributed by atoms with Crippen LogP contribution in [-0.2, 0) is 0 Å². The molecule has 0 spiro atoms. The lowest BCUT2D eigenvalue weighted by Gasteiger charge is -2.35. The minimum absolute atomic E-state index is 0.464. The first-order chi connectivity index (χ1) is 9.70. The topological polar surface area (TPSA) is 3.24 Å². The summed E-state index contributed by atoms with van der Waals surface area (Å²) in [6, 6.07) is 3.80. The van der Waals surface area contributed by atoms with E-state index in [0.29, 0.717) is 5.56 Å². The average Bonchev–Trinajstić information content (AvgIpc) is 2.39. The van der Waals surface area contributed by atoms with E-state index in [-0.39, 0.29) is 0 Å². The van der Waals surface area contributed by atoms with Crippen molar-refractivity contribution in [1.82, 2.24) is 4.90 Å². The first-order valence-corrected chi connectivity index (χ1v) is 7.57. The standard InChI is InChI=1S/C17H21F2N/c18-16-5-4-15(17(19)11-16)10-13-6-8-20(9-7-13)12-14-2-1-3-14/h4-5,10-11,14H,1-3,6-9,12H2. The fraction of sp³-hybridized carbons (Fsp3) is 0.529. The SMILES string of the molecule is Fc1ccc(C=C2CCN(CC3CCC3)CC2)c(F)c1. The van der Waals surface area contributed by atoms with Gasteiger partial charge in [0.1, 0.15) is 11.6 Å². The summed E-state index contributed by atoms with van der Waals surface area (Å²) in [5.41, 5.74) is 1.79. The van der Waals surface area contributed by atoms with Gasteiger partial charge in [0.15, 0.2) is 0 Å². The Morgan fingerprint density at radius 1 is 1.15 bits per heavy atom. The third kappa shape index (κ3) is 3.26. The Morgan fingerprint density at radius 3 is 2.50 bits per heavy atom.